The van der Waals surface area contributed by atoms with Crippen molar-refractivity contribution in [1.29, 1.82) is 0 Å². The van der Waals surface area contributed by atoms with Crippen LogP contribution in [0.5, 0.6) is 5.75 Å². The van der Waals surface area contributed by atoms with Crippen molar-refractivity contribution >= 4 is 11.6 Å². The van der Waals surface area contributed by atoms with Gasteiger partial charge in [-0.25, -0.2) is 0 Å². The smallest absolute Gasteiger partial charge is 0.262 e. The van der Waals surface area contributed by atoms with Crippen LogP contribution in [0.2, 0.25) is 0 Å². The van der Waals surface area contributed by atoms with Crippen molar-refractivity contribution in [1.82, 2.24) is 5.32 Å². The van der Waals surface area contributed by atoms with Gasteiger partial charge in [-0.05, 0) is 44.5 Å². The summed E-state index contributed by atoms with van der Waals surface area (Å²) in [5.74, 6) is 0.629. The lowest BCUT2D eigenvalue weighted by atomic mass is 10.1. The van der Waals surface area contributed by atoms with Gasteiger partial charge in [-0.15, -0.1) is 0 Å². The molecular weight excluding hydrogens is 256 g/mol. The topological polar surface area (TPSA) is 59.6 Å². The first-order chi connectivity index (χ1) is 9.70. The monoisotopic (exact) mass is 278 g/mol. The van der Waals surface area contributed by atoms with Gasteiger partial charge in [-0.2, -0.15) is 0 Å². The maximum atomic E-state index is 11.3. The molecule has 1 aliphatic rings. The van der Waals surface area contributed by atoms with Gasteiger partial charge in [0.05, 0.1) is 5.69 Å². The molecule has 2 rings (SSSR count). The van der Waals surface area contributed by atoms with Crippen LogP contribution in [-0.4, -0.2) is 32.3 Å². The number of carbonyl (C=O) groups excluding carboxylic acids is 1. The molecule has 0 aromatic heterocycles. The van der Waals surface area contributed by atoms with E-state index < -0.39 is 0 Å². The quantitative estimate of drug-likeness (QED) is 0.750. The van der Waals surface area contributed by atoms with Gasteiger partial charge in [-0.1, -0.05) is 6.07 Å². The van der Waals surface area contributed by atoms with Gasteiger partial charge in [0.2, 0.25) is 0 Å². The van der Waals surface area contributed by atoms with E-state index in [0.29, 0.717) is 0 Å². The molecule has 0 fully saturated rings. The van der Waals surface area contributed by atoms with Crippen LogP contribution in [0.4, 0.5) is 5.69 Å². The maximum absolute atomic E-state index is 11.3. The van der Waals surface area contributed by atoms with E-state index >= 15 is 0 Å². The Morgan fingerprint density at radius 2 is 2.35 bits per heavy atom. The molecule has 20 heavy (non-hydrogen) atoms. The number of amides is 1. The highest BCUT2D eigenvalue weighted by molar-refractivity contribution is 5.95. The van der Waals surface area contributed by atoms with E-state index in [2.05, 4.69) is 17.6 Å². The number of ether oxygens (including phenoxy) is 2. The summed E-state index contributed by atoms with van der Waals surface area (Å²) in [5.41, 5.74) is 1.88. The number of rotatable bonds is 7. The van der Waals surface area contributed by atoms with Gasteiger partial charge in [0.25, 0.3) is 5.91 Å². The summed E-state index contributed by atoms with van der Waals surface area (Å²) in [6, 6.07) is 6.12. The van der Waals surface area contributed by atoms with E-state index in [4.69, 9.17) is 9.47 Å². The standard InChI is InChI=1S/C15H22N2O3/c1-3-19-8-4-7-16-11(2)12-5-6-14-13(9-12)17-15(18)10-20-14/h5-6,9,11,16H,3-4,7-8,10H2,1-2H3,(H,17,18). The van der Waals surface area contributed by atoms with Gasteiger partial charge in [0.1, 0.15) is 5.75 Å². The molecule has 1 unspecified atom stereocenters. The maximum Gasteiger partial charge on any atom is 0.262 e. The van der Waals surface area contributed by atoms with Crippen LogP contribution in [0, 0.1) is 0 Å². The minimum absolute atomic E-state index is 0.0948. The predicted octanol–water partition coefficient (Wildman–Crippen LogP) is 2.09. The number of carbonyl (C=O) groups is 1. The molecule has 1 amide bonds. The average molecular weight is 278 g/mol. The first kappa shape index (κ1) is 14.8. The van der Waals surface area contributed by atoms with Crippen LogP contribution in [-0.2, 0) is 9.53 Å². The first-order valence-electron chi connectivity index (χ1n) is 7.08. The third-order valence-corrected chi connectivity index (χ3v) is 3.26. The van der Waals surface area contributed by atoms with Crippen LogP contribution in [0.1, 0.15) is 31.9 Å². The molecule has 2 N–H and O–H groups in total. The number of fused-ring (bicyclic) bond motifs is 1. The first-order valence-corrected chi connectivity index (χ1v) is 7.08. The van der Waals surface area contributed by atoms with Crippen LogP contribution >= 0.6 is 0 Å². The Morgan fingerprint density at radius 1 is 1.50 bits per heavy atom. The molecular formula is C15H22N2O3. The summed E-state index contributed by atoms with van der Waals surface area (Å²) < 4.78 is 10.7. The highest BCUT2D eigenvalue weighted by Gasteiger charge is 2.17. The molecule has 1 atom stereocenters. The number of hydrogen-bond acceptors (Lipinski definition) is 4. The Labute approximate surface area is 119 Å². The van der Waals surface area contributed by atoms with Crippen molar-refractivity contribution in [2.24, 2.45) is 0 Å². The molecule has 110 valence electrons. The van der Waals surface area contributed by atoms with E-state index in [1.54, 1.807) is 0 Å². The van der Waals surface area contributed by atoms with Crippen LogP contribution in [0.25, 0.3) is 0 Å². The zero-order valence-electron chi connectivity index (χ0n) is 12.1. The lowest BCUT2D eigenvalue weighted by molar-refractivity contribution is -0.118. The Balaban J connectivity index is 1.88. The van der Waals surface area contributed by atoms with Crippen molar-refractivity contribution in [3.8, 4) is 5.75 Å². The average Bonchev–Trinajstić information content (AvgIpc) is 2.46. The molecule has 0 spiro atoms. The van der Waals surface area contributed by atoms with Gasteiger partial charge in [0.15, 0.2) is 6.61 Å². The van der Waals surface area contributed by atoms with E-state index in [0.717, 1.165) is 43.2 Å². The molecule has 0 radical (unpaired) electrons. The minimum atomic E-state index is -0.105. The fourth-order valence-electron chi connectivity index (χ4n) is 2.13. The third-order valence-electron chi connectivity index (χ3n) is 3.26. The minimum Gasteiger partial charge on any atom is -0.482 e. The van der Waals surface area contributed by atoms with Gasteiger partial charge < -0.3 is 20.1 Å². The Kier molecular flexibility index (Phi) is 5.38. The fraction of sp³-hybridized carbons (Fsp3) is 0.533. The molecule has 1 aromatic rings. The summed E-state index contributed by atoms with van der Waals surface area (Å²) in [5, 5.41) is 6.27. The molecule has 0 bridgehead atoms. The largest absolute Gasteiger partial charge is 0.482 e. The summed E-state index contributed by atoms with van der Waals surface area (Å²) in [6.07, 6.45) is 0.989. The molecule has 5 heteroatoms. The molecule has 5 nitrogen and oxygen atoms in total. The van der Waals surface area contributed by atoms with Crippen molar-refractivity contribution < 1.29 is 14.3 Å². The second-order valence-corrected chi connectivity index (χ2v) is 4.82. The zero-order chi connectivity index (χ0) is 14.4. The second-order valence-electron chi connectivity index (χ2n) is 4.82. The number of hydrogen-bond donors (Lipinski definition) is 2. The van der Waals surface area contributed by atoms with Crippen LogP contribution in [0.3, 0.4) is 0 Å². The summed E-state index contributed by atoms with van der Waals surface area (Å²) in [4.78, 5) is 11.3. The van der Waals surface area contributed by atoms with E-state index in [1.807, 2.05) is 25.1 Å². The van der Waals surface area contributed by atoms with E-state index in [9.17, 15) is 4.79 Å². The number of benzene rings is 1. The van der Waals surface area contributed by atoms with Crippen LogP contribution < -0.4 is 15.4 Å². The number of anilines is 1. The molecule has 1 heterocycles. The lowest BCUT2D eigenvalue weighted by Crippen LogP contribution is -2.26. The highest BCUT2D eigenvalue weighted by Crippen LogP contribution is 2.30. The highest BCUT2D eigenvalue weighted by atomic mass is 16.5. The Morgan fingerprint density at radius 3 is 3.15 bits per heavy atom. The van der Waals surface area contributed by atoms with Crippen molar-refractivity contribution in [2.75, 3.05) is 31.7 Å². The van der Waals surface area contributed by atoms with Crippen molar-refractivity contribution in [3.05, 3.63) is 23.8 Å². The lowest BCUT2D eigenvalue weighted by Gasteiger charge is -2.21. The summed E-state index contributed by atoms with van der Waals surface area (Å²) >= 11 is 0. The van der Waals surface area contributed by atoms with E-state index in [-0.39, 0.29) is 18.6 Å². The van der Waals surface area contributed by atoms with Gasteiger partial charge in [-0.3, -0.25) is 4.79 Å². The van der Waals surface area contributed by atoms with Gasteiger partial charge >= 0.3 is 0 Å². The van der Waals surface area contributed by atoms with Gasteiger partial charge in [0, 0.05) is 19.3 Å². The molecule has 0 saturated heterocycles. The zero-order valence-corrected chi connectivity index (χ0v) is 12.1. The van der Waals surface area contributed by atoms with E-state index in [1.165, 1.54) is 0 Å². The van der Waals surface area contributed by atoms with Crippen molar-refractivity contribution in [3.63, 3.8) is 0 Å². The molecule has 1 aromatic carbocycles. The van der Waals surface area contributed by atoms with Crippen molar-refractivity contribution in [2.45, 2.75) is 26.3 Å². The Hall–Kier alpha value is -1.59. The molecule has 1 aliphatic heterocycles. The SMILES string of the molecule is CCOCCCNC(C)c1ccc2c(c1)NC(=O)CO2. The predicted molar refractivity (Wildman–Crippen MR) is 78.1 cm³/mol. The molecule has 0 aliphatic carbocycles. The third kappa shape index (κ3) is 3.95. The normalized spacial score (nSPS) is 15.2. The fourth-order valence-corrected chi connectivity index (χ4v) is 2.13. The summed E-state index contributed by atoms with van der Waals surface area (Å²) in [7, 11) is 0. The van der Waals surface area contributed by atoms with Crippen LogP contribution in [0.15, 0.2) is 18.2 Å². The molecule has 0 saturated carbocycles. The second kappa shape index (κ2) is 7.26. The Bertz CT molecular complexity index is 462. The number of nitrogens with one attached hydrogen (secondary N) is 2. The summed E-state index contributed by atoms with van der Waals surface area (Å²) in [6.45, 7) is 6.65.